The molecule has 1 aliphatic rings. The van der Waals surface area contributed by atoms with Crippen molar-refractivity contribution in [3.05, 3.63) is 34.9 Å². The third kappa shape index (κ3) is 4.36. The molecular weight excluding hydrogens is 292 g/mol. The highest BCUT2D eigenvalue weighted by Gasteiger charge is 2.30. The predicted molar refractivity (Wildman–Crippen MR) is 80.2 cm³/mol. The number of halogens is 1. The number of nitrogens with zero attached hydrogens (tertiary/aromatic N) is 1. The van der Waals surface area contributed by atoms with Gasteiger partial charge in [-0.25, -0.2) is 4.79 Å². The van der Waals surface area contributed by atoms with E-state index in [1.165, 1.54) is 0 Å². The molecule has 2 rings (SSSR count). The van der Waals surface area contributed by atoms with Crippen LogP contribution in [-0.2, 0) is 11.3 Å². The Morgan fingerprint density at radius 2 is 2.00 bits per heavy atom. The van der Waals surface area contributed by atoms with Crippen molar-refractivity contribution >= 4 is 23.6 Å². The Balaban J connectivity index is 1.83. The summed E-state index contributed by atoms with van der Waals surface area (Å²) in [5, 5.41) is 12.5. The zero-order valence-electron chi connectivity index (χ0n) is 11.9. The molecule has 2 amide bonds. The van der Waals surface area contributed by atoms with E-state index in [1.807, 2.05) is 12.1 Å². The lowest BCUT2D eigenvalue weighted by atomic mass is 10.1. The van der Waals surface area contributed by atoms with Gasteiger partial charge in [0.2, 0.25) is 0 Å². The number of rotatable bonds is 4. The monoisotopic (exact) mass is 310 g/mol. The molecule has 6 heteroatoms. The third-order valence-corrected chi connectivity index (χ3v) is 4.04. The number of carboxylic acid groups (broad SMARTS) is 1. The molecule has 1 aliphatic carbocycles. The Morgan fingerprint density at radius 1 is 1.33 bits per heavy atom. The topological polar surface area (TPSA) is 69.6 Å². The molecule has 0 heterocycles. The van der Waals surface area contributed by atoms with Crippen LogP contribution in [0.25, 0.3) is 0 Å². The van der Waals surface area contributed by atoms with Gasteiger partial charge in [-0.15, -0.1) is 0 Å². The fourth-order valence-corrected chi connectivity index (χ4v) is 2.68. The number of urea groups is 1. The van der Waals surface area contributed by atoms with E-state index in [9.17, 15) is 9.59 Å². The van der Waals surface area contributed by atoms with Gasteiger partial charge in [-0.1, -0.05) is 23.7 Å². The number of carboxylic acids is 1. The average molecular weight is 311 g/mol. The standard InChI is InChI=1S/C15H19ClN2O3/c1-18(9-10-2-5-12(16)6-3-10)15(21)17-13-7-4-11(8-13)14(19)20/h2-3,5-6,11,13H,4,7-9H2,1H3,(H,17,21)(H,19,20)/t11-,13+/m1/s1. The maximum Gasteiger partial charge on any atom is 0.317 e. The third-order valence-electron chi connectivity index (χ3n) is 3.79. The molecule has 114 valence electrons. The van der Waals surface area contributed by atoms with Gasteiger partial charge in [0.05, 0.1) is 5.92 Å². The molecule has 1 saturated carbocycles. The molecule has 0 aromatic heterocycles. The lowest BCUT2D eigenvalue weighted by Crippen LogP contribution is -2.41. The molecule has 0 saturated heterocycles. The van der Waals surface area contributed by atoms with Crippen molar-refractivity contribution in [1.82, 2.24) is 10.2 Å². The number of aliphatic carboxylic acids is 1. The van der Waals surface area contributed by atoms with E-state index in [0.717, 1.165) is 12.0 Å². The minimum Gasteiger partial charge on any atom is -0.481 e. The molecule has 0 bridgehead atoms. The van der Waals surface area contributed by atoms with E-state index in [-0.39, 0.29) is 18.0 Å². The number of benzene rings is 1. The van der Waals surface area contributed by atoms with E-state index in [4.69, 9.17) is 16.7 Å². The summed E-state index contributed by atoms with van der Waals surface area (Å²) in [6.07, 6.45) is 1.86. The van der Waals surface area contributed by atoms with Gasteiger partial charge in [0.1, 0.15) is 0 Å². The van der Waals surface area contributed by atoms with E-state index >= 15 is 0 Å². The number of hydrogen-bond donors (Lipinski definition) is 2. The predicted octanol–water partition coefficient (Wildman–Crippen LogP) is 2.73. The molecule has 0 radical (unpaired) electrons. The largest absolute Gasteiger partial charge is 0.481 e. The smallest absolute Gasteiger partial charge is 0.317 e. The number of carbonyl (C=O) groups excluding carboxylic acids is 1. The van der Waals surface area contributed by atoms with Crippen LogP contribution in [0.5, 0.6) is 0 Å². The van der Waals surface area contributed by atoms with Crippen LogP contribution in [0.1, 0.15) is 24.8 Å². The summed E-state index contributed by atoms with van der Waals surface area (Å²) in [5.41, 5.74) is 0.992. The van der Waals surface area contributed by atoms with Crippen molar-refractivity contribution in [2.75, 3.05) is 7.05 Å². The lowest BCUT2D eigenvalue weighted by molar-refractivity contribution is -0.141. The lowest BCUT2D eigenvalue weighted by Gasteiger charge is -2.21. The van der Waals surface area contributed by atoms with E-state index in [1.54, 1.807) is 24.1 Å². The number of hydrogen-bond acceptors (Lipinski definition) is 2. The summed E-state index contributed by atoms with van der Waals surface area (Å²) in [6, 6.07) is 7.10. The quantitative estimate of drug-likeness (QED) is 0.898. The van der Waals surface area contributed by atoms with Crippen molar-refractivity contribution in [2.45, 2.75) is 31.8 Å². The molecular formula is C15H19ClN2O3. The van der Waals surface area contributed by atoms with Crippen LogP contribution in [0, 0.1) is 5.92 Å². The Bertz CT molecular complexity index is 518. The molecule has 2 atom stereocenters. The summed E-state index contributed by atoms with van der Waals surface area (Å²) >= 11 is 5.82. The Hall–Kier alpha value is -1.75. The van der Waals surface area contributed by atoms with Gasteiger partial charge in [0.15, 0.2) is 0 Å². The van der Waals surface area contributed by atoms with Crippen LogP contribution in [0.2, 0.25) is 5.02 Å². The van der Waals surface area contributed by atoms with Crippen LogP contribution in [-0.4, -0.2) is 35.1 Å². The van der Waals surface area contributed by atoms with Crippen molar-refractivity contribution in [2.24, 2.45) is 5.92 Å². The summed E-state index contributed by atoms with van der Waals surface area (Å²) in [4.78, 5) is 24.6. The van der Waals surface area contributed by atoms with Gasteiger partial charge < -0.3 is 15.3 Å². The van der Waals surface area contributed by atoms with Crippen LogP contribution < -0.4 is 5.32 Å². The summed E-state index contributed by atoms with van der Waals surface area (Å²) < 4.78 is 0. The molecule has 2 N–H and O–H groups in total. The summed E-state index contributed by atoms with van der Waals surface area (Å²) in [6.45, 7) is 0.484. The molecule has 21 heavy (non-hydrogen) atoms. The molecule has 0 aliphatic heterocycles. The fraction of sp³-hybridized carbons (Fsp3) is 0.467. The summed E-state index contributed by atoms with van der Waals surface area (Å²) in [5.74, 6) is -1.11. The van der Waals surface area contributed by atoms with Crippen molar-refractivity contribution in [1.29, 1.82) is 0 Å². The van der Waals surface area contributed by atoms with Gasteiger partial charge in [-0.05, 0) is 37.0 Å². The zero-order chi connectivity index (χ0) is 15.4. The van der Waals surface area contributed by atoms with Gasteiger partial charge in [0.25, 0.3) is 0 Å². The number of nitrogens with one attached hydrogen (secondary N) is 1. The first kappa shape index (κ1) is 15.6. The molecule has 0 spiro atoms. The average Bonchev–Trinajstić information content (AvgIpc) is 2.90. The van der Waals surface area contributed by atoms with Crippen molar-refractivity contribution in [3.8, 4) is 0 Å². The fourth-order valence-electron chi connectivity index (χ4n) is 2.56. The van der Waals surface area contributed by atoms with Crippen molar-refractivity contribution in [3.63, 3.8) is 0 Å². The van der Waals surface area contributed by atoms with Crippen LogP contribution >= 0.6 is 11.6 Å². The Morgan fingerprint density at radius 3 is 2.57 bits per heavy atom. The van der Waals surface area contributed by atoms with E-state index in [2.05, 4.69) is 5.32 Å². The first-order valence-corrected chi connectivity index (χ1v) is 7.32. The highest BCUT2D eigenvalue weighted by atomic mass is 35.5. The maximum absolute atomic E-state index is 12.1. The van der Waals surface area contributed by atoms with Gasteiger partial charge >= 0.3 is 12.0 Å². The van der Waals surface area contributed by atoms with Crippen LogP contribution in [0.4, 0.5) is 4.79 Å². The maximum atomic E-state index is 12.1. The molecule has 1 aromatic carbocycles. The molecule has 1 fully saturated rings. The summed E-state index contributed by atoms with van der Waals surface area (Å²) in [7, 11) is 1.72. The Kier molecular flexibility index (Phi) is 5.07. The second-order valence-electron chi connectivity index (χ2n) is 5.48. The molecule has 1 aromatic rings. The minimum atomic E-state index is -0.777. The SMILES string of the molecule is CN(Cc1ccc(Cl)cc1)C(=O)N[C@H]1CC[C@@H](C(=O)O)C1. The second kappa shape index (κ2) is 6.80. The second-order valence-corrected chi connectivity index (χ2v) is 5.91. The van der Waals surface area contributed by atoms with Crippen molar-refractivity contribution < 1.29 is 14.7 Å². The first-order valence-electron chi connectivity index (χ1n) is 6.94. The van der Waals surface area contributed by atoms with Crippen LogP contribution in [0.3, 0.4) is 0 Å². The highest BCUT2D eigenvalue weighted by molar-refractivity contribution is 6.30. The normalized spacial score (nSPS) is 21.0. The van der Waals surface area contributed by atoms with Gasteiger partial charge in [0, 0.05) is 24.7 Å². The Labute approximate surface area is 128 Å². The zero-order valence-corrected chi connectivity index (χ0v) is 12.6. The van der Waals surface area contributed by atoms with E-state index < -0.39 is 5.97 Å². The van der Waals surface area contributed by atoms with E-state index in [0.29, 0.717) is 24.4 Å². The van der Waals surface area contributed by atoms with Gasteiger partial charge in [-0.2, -0.15) is 0 Å². The van der Waals surface area contributed by atoms with Crippen LogP contribution in [0.15, 0.2) is 24.3 Å². The minimum absolute atomic E-state index is 0.0498. The highest BCUT2D eigenvalue weighted by Crippen LogP contribution is 2.25. The number of amides is 2. The molecule has 5 nitrogen and oxygen atoms in total. The first-order chi connectivity index (χ1) is 9.95. The van der Waals surface area contributed by atoms with Gasteiger partial charge in [-0.3, -0.25) is 4.79 Å². The number of carbonyl (C=O) groups is 2. The molecule has 0 unspecified atom stereocenters.